The molecule has 0 aliphatic rings. The fourth-order valence-electron chi connectivity index (χ4n) is 1.42. The highest BCUT2D eigenvalue weighted by atomic mass is 32.2. The first-order valence-corrected chi connectivity index (χ1v) is 7.17. The first-order valence-electron chi connectivity index (χ1n) is 5.94. The maximum atomic E-state index is 10.8. The number of esters is 1. The number of rotatable bonds is 6. The SMILES string of the molecule is CSc1ccc(CNC(C)(C)COC(C)=O)cc1. The molecule has 0 saturated heterocycles. The minimum absolute atomic E-state index is 0.218. The van der Waals surface area contributed by atoms with Crippen LogP contribution in [0.1, 0.15) is 26.3 Å². The van der Waals surface area contributed by atoms with E-state index >= 15 is 0 Å². The summed E-state index contributed by atoms with van der Waals surface area (Å²) >= 11 is 1.73. The van der Waals surface area contributed by atoms with Gasteiger partial charge < -0.3 is 10.1 Å². The number of hydrogen-bond acceptors (Lipinski definition) is 4. The van der Waals surface area contributed by atoms with Gasteiger partial charge in [0.2, 0.25) is 0 Å². The Hall–Kier alpha value is -1.00. The summed E-state index contributed by atoms with van der Waals surface area (Å²) in [6.07, 6.45) is 2.06. The second kappa shape index (κ2) is 6.81. The number of carbonyl (C=O) groups excluding carboxylic acids is 1. The Balaban J connectivity index is 2.45. The molecule has 0 spiro atoms. The molecule has 1 aromatic carbocycles. The molecule has 0 aliphatic heterocycles. The van der Waals surface area contributed by atoms with Gasteiger partial charge in [-0.05, 0) is 37.8 Å². The predicted molar refractivity (Wildman–Crippen MR) is 75.8 cm³/mol. The molecule has 0 fully saturated rings. The van der Waals surface area contributed by atoms with Gasteiger partial charge in [0.15, 0.2) is 0 Å². The zero-order valence-corrected chi connectivity index (χ0v) is 12.3. The van der Waals surface area contributed by atoms with Crippen molar-refractivity contribution in [2.75, 3.05) is 12.9 Å². The summed E-state index contributed by atoms with van der Waals surface area (Å²) in [6, 6.07) is 8.45. The third kappa shape index (κ3) is 5.56. The fourth-order valence-corrected chi connectivity index (χ4v) is 1.83. The van der Waals surface area contributed by atoms with Crippen LogP contribution in [0.2, 0.25) is 0 Å². The second-order valence-electron chi connectivity index (χ2n) is 4.87. The molecule has 0 aromatic heterocycles. The Kier molecular flexibility index (Phi) is 5.69. The Bertz CT molecular complexity index is 387. The summed E-state index contributed by atoms with van der Waals surface area (Å²) in [5.74, 6) is -0.241. The van der Waals surface area contributed by atoms with Gasteiger partial charge in [-0.25, -0.2) is 0 Å². The molecule has 0 saturated carbocycles. The van der Waals surface area contributed by atoms with Gasteiger partial charge >= 0.3 is 5.97 Å². The van der Waals surface area contributed by atoms with Crippen molar-refractivity contribution in [3.8, 4) is 0 Å². The van der Waals surface area contributed by atoms with Crippen molar-refractivity contribution in [1.82, 2.24) is 5.32 Å². The molecule has 0 bridgehead atoms. The van der Waals surface area contributed by atoms with Gasteiger partial charge in [-0.15, -0.1) is 11.8 Å². The van der Waals surface area contributed by atoms with Gasteiger partial charge in [0, 0.05) is 23.9 Å². The summed E-state index contributed by atoms with van der Waals surface area (Å²) in [7, 11) is 0. The van der Waals surface area contributed by atoms with E-state index in [9.17, 15) is 4.79 Å². The molecule has 0 unspecified atom stereocenters. The Morgan fingerprint density at radius 2 is 1.94 bits per heavy atom. The zero-order chi connectivity index (χ0) is 13.6. The standard InChI is InChI=1S/C14H21NO2S/c1-11(16)17-10-14(2,3)15-9-12-5-7-13(18-4)8-6-12/h5-8,15H,9-10H2,1-4H3. The lowest BCUT2D eigenvalue weighted by Crippen LogP contribution is -2.43. The molecule has 3 nitrogen and oxygen atoms in total. The number of carbonyl (C=O) groups is 1. The Labute approximate surface area is 113 Å². The molecule has 0 radical (unpaired) electrons. The highest BCUT2D eigenvalue weighted by molar-refractivity contribution is 7.98. The van der Waals surface area contributed by atoms with Crippen molar-refractivity contribution in [1.29, 1.82) is 0 Å². The average molecular weight is 267 g/mol. The summed E-state index contributed by atoms with van der Waals surface area (Å²) in [5, 5.41) is 3.38. The van der Waals surface area contributed by atoms with Crippen LogP contribution in [0.25, 0.3) is 0 Å². The molecule has 0 aliphatic carbocycles. The molecule has 18 heavy (non-hydrogen) atoms. The van der Waals surface area contributed by atoms with Crippen molar-refractivity contribution in [3.05, 3.63) is 29.8 Å². The Morgan fingerprint density at radius 3 is 2.44 bits per heavy atom. The molecule has 0 amide bonds. The van der Waals surface area contributed by atoms with Crippen LogP contribution in [0.4, 0.5) is 0 Å². The van der Waals surface area contributed by atoms with Crippen LogP contribution in [-0.4, -0.2) is 24.4 Å². The van der Waals surface area contributed by atoms with Gasteiger partial charge in [0.05, 0.1) is 0 Å². The monoisotopic (exact) mass is 267 g/mol. The number of benzene rings is 1. The van der Waals surface area contributed by atoms with Crippen LogP contribution in [0, 0.1) is 0 Å². The van der Waals surface area contributed by atoms with Crippen molar-refractivity contribution >= 4 is 17.7 Å². The predicted octanol–water partition coefficient (Wildman–Crippen LogP) is 2.84. The van der Waals surface area contributed by atoms with Crippen LogP contribution in [0.3, 0.4) is 0 Å². The van der Waals surface area contributed by atoms with E-state index in [1.807, 2.05) is 13.8 Å². The van der Waals surface area contributed by atoms with Crippen molar-refractivity contribution < 1.29 is 9.53 Å². The van der Waals surface area contributed by atoms with Crippen LogP contribution >= 0.6 is 11.8 Å². The molecule has 1 aromatic rings. The molecule has 0 heterocycles. The minimum Gasteiger partial charge on any atom is -0.464 e. The van der Waals surface area contributed by atoms with Crippen LogP contribution in [0.5, 0.6) is 0 Å². The topological polar surface area (TPSA) is 38.3 Å². The Morgan fingerprint density at radius 1 is 1.33 bits per heavy atom. The molecule has 100 valence electrons. The van der Waals surface area contributed by atoms with Crippen molar-refractivity contribution in [2.24, 2.45) is 0 Å². The van der Waals surface area contributed by atoms with Gasteiger partial charge in [-0.2, -0.15) is 0 Å². The first kappa shape index (κ1) is 15.1. The van der Waals surface area contributed by atoms with E-state index in [0.29, 0.717) is 6.61 Å². The van der Waals surface area contributed by atoms with Gasteiger partial charge in [0.25, 0.3) is 0 Å². The van der Waals surface area contributed by atoms with Crippen LogP contribution in [0.15, 0.2) is 29.2 Å². The maximum absolute atomic E-state index is 10.8. The second-order valence-corrected chi connectivity index (χ2v) is 5.75. The van der Waals surface area contributed by atoms with E-state index in [4.69, 9.17) is 4.74 Å². The van der Waals surface area contributed by atoms with Gasteiger partial charge in [0.1, 0.15) is 6.61 Å². The van der Waals surface area contributed by atoms with E-state index in [1.165, 1.54) is 17.4 Å². The van der Waals surface area contributed by atoms with Crippen molar-refractivity contribution in [3.63, 3.8) is 0 Å². The molecule has 1 N–H and O–H groups in total. The summed E-state index contributed by atoms with van der Waals surface area (Å²) in [6.45, 7) is 6.61. The highest BCUT2D eigenvalue weighted by Gasteiger charge is 2.18. The fraction of sp³-hybridized carbons (Fsp3) is 0.500. The number of nitrogens with one attached hydrogen (secondary N) is 1. The summed E-state index contributed by atoms with van der Waals surface area (Å²) in [5.41, 5.74) is 1.01. The average Bonchev–Trinajstić information content (AvgIpc) is 2.35. The van der Waals surface area contributed by atoms with Gasteiger partial charge in [-0.1, -0.05) is 12.1 Å². The quantitative estimate of drug-likeness (QED) is 0.635. The smallest absolute Gasteiger partial charge is 0.302 e. The van der Waals surface area contributed by atoms with Crippen molar-refractivity contribution in [2.45, 2.75) is 37.8 Å². The number of thioether (sulfide) groups is 1. The highest BCUT2D eigenvalue weighted by Crippen LogP contribution is 2.15. The lowest BCUT2D eigenvalue weighted by atomic mass is 10.1. The van der Waals surface area contributed by atoms with E-state index in [1.54, 1.807) is 11.8 Å². The van der Waals surface area contributed by atoms with Gasteiger partial charge in [-0.3, -0.25) is 4.79 Å². The number of ether oxygens (including phenoxy) is 1. The van der Waals surface area contributed by atoms with E-state index in [-0.39, 0.29) is 11.5 Å². The normalized spacial score (nSPS) is 11.3. The first-order chi connectivity index (χ1) is 8.43. The van der Waals surface area contributed by atoms with Crippen LogP contribution < -0.4 is 5.32 Å². The lowest BCUT2D eigenvalue weighted by molar-refractivity contribution is -0.142. The minimum atomic E-state index is -0.241. The summed E-state index contributed by atoms with van der Waals surface area (Å²) < 4.78 is 5.03. The maximum Gasteiger partial charge on any atom is 0.302 e. The summed E-state index contributed by atoms with van der Waals surface area (Å²) in [4.78, 5) is 12.0. The number of hydrogen-bond donors (Lipinski definition) is 1. The largest absolute Gasteiger partial charge is 0.464 e. The zero-order valence-electron chi connectivity index (χ0n) is 11.4. The van der Waals surface area contributed by atoms with Crippen LogP contribution in [-0.2, 0) is 16.1 Å². The molecule has 4 heteroatoms. The molecule has 0 atom stereocenters. The molecular formula is C14H21NO2S. The molecule has 1 rings (SSSR count). The van der Waals surface area contributed by atoms with E-state index in [2.05, 4.69) is 35.8 Å². The lowest BCUT2D eigenvalue weighted by Gasteiger charge is -2.25. The third-order valence-electron chi connectivity index (χ3n) is 2.57. The van der Waals surface area contributed by atoms with E-state index < -0.39 is 0 Å². The molecular weight excluding hydrogens is 246 g/mol. The third-order valence-corrected chi connectivity index (χ3v) is 3.31. The van der Waals surface area contributed by atoms with E-state index in [0.717, 1.165) is 6.54 Å².